The van der Waals surface area contributed by atoms with Crippen LogP contribution in [-0.4, -0.2) is 78.7 Å². The number of hydrogen-bond donors (Lipinski definition) is 0. The van der Waals surface area contributed by atoms with Crippen LogP contribution < -0.4 is 0 Å². The molecule has 0 aromatic rings. The molecule has 9 heteroatoms. The molecule has 1 aliphatic rings. The number of rotatable bonds is 7. The van der Waals surface area contributed by atoms with Crippen LogP contribution in [0.4, 0.5) is 0 Å². The molecule has 1 rings (SSSR count). The van der Waals surface area contributed by atoms with Crippen molar-refractivity contribution in [2.75, 3.05) is 54.6 Å². The minimum Gasteiger partial charge on any atom is -0.461 e. The van der Waals surface area contributed by atoms with Gasteiger partial charge in [0.2, 0.25) is 0 Å². The van der Waals surface area contributed by atoms with Crippen molar-refractivity contribution in [2.45, 2.75) is 19.8 Å². The molecular formula is C16H32N2O6S. The van der Waals surface area contributed by atoms with Gasteiger partial charge in [-0.05, 0) is 40.1 Å². The van der Waals surface area contributed by atoms with Crippen molar-refractivity contribution in [2.24, 2.45) is 0 Å². The van der Waals surface area contributed by atoms with E-state index in [1.54, 1.807) is 6.92 Å². The third-order valence-corrected chi connectivity index (χ3v) is 3.74. The molecule has 0 spiro atoms. The first kappa shape index (κ1) is 25.8. The van der Waals surface area contributed by atoms with E-state index in [0.717, 1.165) is 20.8 Å². The molecule has 0 radical (unpaired) electrons. The summed E-state index contributed by atoms with van der Waals surface area (Å²) in [7, 11) is 2.25. The summed E-state index contributed by atoms with van der Waals surface area (Å²) in [6.45, 7) is 12.4. The number of esters is 1. The Balaban J connectivity index is 0. The largest absolute Gasteiger partial charge is 0.461 e. The van der Waals surface area contributed by atoms with Crippen LogP contribution in [0.5, 0.6) is 0 Å². The molecule has 0 aliphatic carbocycles. The van der Waals surface area contributed by atoms with Crippen molar-refractivity contribution in [1.82, 2.24) is 9.80 Å². The number of nitrogens with zero attached hydrogens (tertiary/aromatic N) is 2. The smallest absolute Gasteiger partial charge is 0.399 e. The Morgan fingerprint density at radius 1 is 1.20 bits per heavy atom. The topological polar surface area (TPSA) is 85.4 Å². The van der Waals surface area contributed by atoms with Gasteiger partial charge in [0.15, 0.2) is 0 Å². The van der Waals surface area contributed by atoms with Crippen molar-refractivity contribution < 1.29 is 26.3 Å². The van der Waals surface area contributed by atoms with Crippen LogP contribution in [0, 0.1) is 0 Å². The van der Waals surface area contributed by atoms with E-state index < -0.39 is 10.4 Å². The lowest BCUT2D eigenvalue weighted by atomic mass is 10.4. The van der Waals surface area contributed by atoms with Crippen molar-refractivity contribution in [3.8, 4) is 0 Å². The van der Waals surface area contributed by atoms with Gasteiger partial charge >= 0.3 is 16.4 Å². The second kappa shape index (κ2) is 14.9. The molecule has 1 fully saturated rings. The molecule has 0 aromatic carbocycles. The Morgan fingerprint density at radius 3 is 1.92 bits per heavy atom. The highest BCUT2D eigenvalue weighted by Gasteiger charge is 2.04. The molecule has 0 atom stereocenters. The van der Waals surface area contributed by atoms with E-state index in [0.29, 0.717) is 12.2 Å². The van der Waals surface area contributed by atoms with Crippen LogP contribution >= 0.6 is 0 Å². The highest BCUT2D eigenvalue weighted by molar-refractivity contribution is 7.81. The number of carbonyl (C=O) groups is 1. The maximum Gasteiger partial charge on any atom is 0.399 e. The standard InChI is InChI=1S/C8H15NO2.C6H11N.C2H6O4S/c1-7(2)8(10)11-6-5-9(3)4;1-2-7-5-3-4-6-7;1-5-7(3,4)6-2/h1,5-6H2,2-4H3;2H,1,3-6H2;1-2H3. The molecular weight excluding hydrogens is 348 g/mol. The van der Waals surface area contributed by atoms with Gasteiger partial charge in [0.05, 0.1) is 14.2 Å². The molecule has 8 nitrogen and oxygen atoms in total. The highest BCUT2D eigenvalue weighted by Crippen LogP contribution is 2.05. The summed E-state index contributed by atoms with van der Waals surface area (Å²) < 4.78 is 32.4. The third kappa shape index (κ3) is 17.2. The third-order valence-electron chi connectivity index (χ3n) is 2.93. The molecule has 0 unspecified atom stereocenters. The van der Waals surface area contributed by atoms with Crippen molar-refractivity contribution in [3.05, 3.63) is 24.9 Å². The minimum atomic E-state index is -3.66. The Hall–Kier alpha value is -1.42. The predicted molar refractivity (Wildman–Crippen MR) is 98.3 cm³/mol. The van der Waals surface area contributed by atoms with Crippen LogP contribution in [0.15, 0.2) is 24.9 Å². The van der Waals surface area contributed by atoms with Crippen LogP contribution in [0.1, 0.15) is 19.8 Å². The van der Waals surface area contributed by atoms with E-state index in [9.17, 15) is 13.2 Å². The van der Waals surface area contributed by atoms with E-state index >= 15 is 0 Å². The Morgan fingerprint density at radius 2 is 1.68 bits per heavy atom. The van der Waals surface area contributed by atoms with Gasteiger partial charge in [-0.2, -0.15) is 8.42 Å². The van der Waals surface area contributed by atoms with Gasteiger partial charge in [-0.3, -0.25) is 8.37 Å². The molecule has 0 bridgehead atoms. The second-order valence-electron chi connectivity index (χ2n) is 5.39. The zero-order valence-electron chi connectivity index (χ0n) is 16.0. The molecule has 0 amide bonds. The maximum absolute atomic E-state index is 10.8. The molecule has 0 saturated carbocycles. The molecule has 0 aromatic heterocycles. The molecule has 1 heterocycles. The number of carbonyl (C=O) groups excluding carboxylic acids is 1. The van der Waals surface area contributed by atoms with Gasteiger partial charge in [-0.1, -0.05) is 13.2 Å². The normalized spacial score (nSPS) is 13.3. The van der Waals surface area contributed by atoms with Gasteiger partial charge in [0, 0.05) is 25.2 Å². The fraction of sp³-hybridized carbons (Fsp3) is 0.688. The lowest BCUT2D eigenvalue weighted by Gasteiger charge is -2.09. The molecule has 1 aliphatic heterocycles. The summed E-state index contributed by atoms with van der Waals surface area (Å²) in [5, 5.41) is 0. The Labute approximate surface area is 152 Å². The van der Waals surface area contributed by atoms with Gasteiger partial charge < -0.3 is 14.5 Å². The number of likely N-dealkylation sites (tertiary alicyclic amines) is 1. The summed E-state index contributed by atoms with van der Waals surface area (Å²) in [5.41, 5.74) is 0.448. The first-order chi connectivity index (χ1) is 11.6. The number of hydrogen-bond acceptors (Lipinski definition) is 8. The average molecular weight is 381 g/mol. The first-order valence-corrected chi connectivity index (χ1v) is 9.13. The van der Waals surface area contributed by atoms with E-state index in [2.05, 4.69) is 26.4 Å². The molecule has 148 valence electrons. The summed E-state index contributed by atoms with van der Waals surface area (Å²) in [4.78, 5) is 15.0. The zero-order chi connectivity index (χ0) is 19.9. The van der Waals surface area contributed by atoms with E-state index in [-0.39, 0.29) is 5.97 Å². The summed E-state index contributed by atoms with van der Waals surface area (Å²) in [6, 6.07) is 0. The number of ether oxygens (including phenoxy) is 1. The van der Waals surface area contributed by atoms with Crippen LogP contribution in [-0.2, 0) is 28.3 Å². The van der Waals surface area contributed by atoms with E-state index in [1.807, 2.05) is 25.2 Å². The Kier molecular flexibility index (Phi) is 15.4. The monoisotopic (exact) mass is 380 g/mol. The quantitative estimate of drug-likeness (QED) is 0.484. The summed E-state index contributed by atoms with van der Waals surface area (Å²) >= 11 is 0. The lowest BCUT2D eigenvalue weighted by Crippen LogP contribution is -2.20. The van der Waals surface area contributed by atoms with Gasteiger partial charge in [0.1, 0.15) is 6.61 Å². The van der Waals surface area contributed by atoms with Crippen molar-refractivity contribution in [3.63, 3.8) is 0 Å². The Bertz CT molecular complexity index is 475. The highest BCUT2D eigenvalue weighted by atomic mass is 32.3. The first-order valence-electron chi connectivity index (χ1n) is 7.79. The van der Waals surface area contributed by atoms with Crippen LogP contribution in [0.3, 0.4) is 0 Å². The fourth-order valence-electron chi connectivity index (χ4n) is 1.44. The molecule has 1 saturated heterocycles. The van der Waals surface area contributed by atoms with Gasteiger partial charge in [-0.15, -0.1) is 0 Å². The molecule has 25 heavy (non-hydrogen) atoms. The van der Waals surface area contributed by atoms with Crippen molar-refractivity contribution >= 4 is 16.4 Å². The van der Waals surface area contributed by atoms with E-state index in [4.69, 9.17) is 4.74 Å². The number of likely N-dealkylation sites (N-methyl/N-ethyl adjacent to an activating group) is 1. The van der Waals surface area contributed by atoms with Crippen molar-refractivity contribution in [1.29, 1.82) is 0 Å². The lowest BCUT2D eigenvalue weighted by molar-refractivity contribution is -0.139. The maximum atomic E-state index is 10.8. The fourth-order valence-corrected chi connectivity index (χ4v) is 1.57. The summed E-state index contributed by atoms with van der Waals surface area (Å²) in [6.07, 6.45) is 4.63. The summed E-state index contributed by atoms with van der Waals surface area (Å²) in [5.74, 6) is -0.313. The van der Waals surface area contributed by atoms with E-state index in [1.165, 1.54) is 25.9 Å². The zero-order valence-corrected chi connectivity index (χ0v) is 16.8. The van der Waals surface area contributed by atoms with Gasteiger partial charge in [0.25, 0.3) is 0 Å². The SMILES string of the molecule is C=C(C)C(=O)OCCN(C)C.C=CN1CCCC1.COS(=O)(=O)OC. The van der Waals surface area contributed by atoms with Crippen LogP contribution in [0.2, 0.25) is 0 Å². The minimum absolute atomic E-state index is 0.313. The second-order valence-corrected chi connectivity index (χ2v) is 6.87. The van der Waals surface area contributed by atoms with Gasteiger partial charge in [-0.25, -0.2) is 4.79 Å². The van der Waals surface area contributed by atoms with Crippen LogP contribution in [0.25, 0.3) is 0 Å². The average Bonchev–Trinajstić information content (AvgIpc) is 3.09. The molecule has 0 N–H and O–H groups in total. The predicted octanol–water partition coefficient (Wildman–Crippen LogP) is 1.42.